The second-order valence-corrected chi connectivity index (χ2v) is 6.48. The van der Waals surface area contributed by atoms with Crippen molar-refractivity contribution in [3.63, 3.8) is 0 Å². The highest BCUT2D eigenvalue weighted by atomic mass is 16.5. The molecule has 0 spiro atoms. The Morgan fingerprint density at radius 1 is 1.14 bits per heavy atom. The third-order valence-electron chi connectivity index (χ3n) is 4.65. The van der Waals surface area contributed by atoms with Gasteiger partial charge in [-0.25, -0.2) is 0 Å². The second-order valence-electron chi connectivity index (χ2n) is 6.48. The van der Waals surface area contributed by atoms with Gasteiger partial charge < -0.3 is 14.9 Å². The molecule has 0 radical (unpaired) electrons. The molecule has 0 aromatic rings. The molecule has 1 atom stereocenters. The molecule has 1 saturated carbocycles. The summed E-state index contributed by atoms with van der Waals surface area (Å²) in [6.07, 6.45) is 8.49. The Kier molecular flexibility index (Phi) is 9.68. The Morgan fingerprint density at radius 3 is 2.38 bits per heavy atom. The van der Waals surface area contributed by atoms with E-state index < -0.39 is 0 Å². The van der Waals surface area contributed by atoms with Crippen LogP contribution < -0.4 is 0 Å². The molecule has 124 valence electrons. The van der Waals surface area contributed by atoms with Crippen LogP contribution >= 0.6 is 0 Å². The summed E-state index contributed by atoms with van der Waals surface area (Å²) in [4.78, 5) is 11.7. The fraction of sp³-hybridized carbons (Fsp3) is 0.941. The maximum Gasteiger partial charge on any atom is 0.305 e. The van der Waals surface area contributed by atoms with Gasteiger partial charge in [0.05, 0.1) is 6.61 Å². The van der Waals surface area contributed by atoms with Crippen molar-refractivity contribution >= 4 is 5.97 Å². The number of hydrogen-bond donors (Lipinski definition) is 2. The number of esters is 1. The van der Waals surface area contributed by atoms with Gasteiger partial charge in [0.2, 0.25) is 0 Å². The normalized spacial score (nSPS) is 23.8. The first kappa shape index (κ1) is 18.4. The average molecular weight is 300 g/mol. The smallest absolute Gasteiger partial charge is 0.305 e. The Bertz CT molecular complexity index is 272. The standard InChI is InChI=1S/C17H32O4/c1-2-4-14(11-18)5-3-6-17(20)21-13-16-9-7-15(12-19)8-10-16/h14-16,18-19H,2-13H2,1H3. The lowest BCUT2D eigenvalue weighted by molar-refractivity contribution is -0.145. The van der Waals surface area contributed by atoms with Gasteiger partial charge >= 0.3 is 5.97 Å². The summed E-state index contributed by atoms with van der Waals surface area (Å²) in [5, 5.41) is 18.3. The van der Waals surface area contributed by atoms with Crippen molar-refractivity contribution in [2.75, 3.05) is 19.8 Å². The van der Waals surface area contributed by atoms with Crippen LogP contribution in [0.4, 0.5) is 0 Å². The Morgan fingerprint density at radius 2 is 1.81 bits per heavy atom. The molecule has 0 bridgehead atoms. The molecule has 0 amide bonds. The summed E-state index contributed by atoms with van der Waals surface area (Å²) in [5.41, 5.74) is 0. The van der Waals surface area contributed by atoms with E-state index in [4.69, 9.17) is 9.84 Å². The lowest BCUT2D eigenvalue weighted by Gasteiger charge is -2.26. The van der Waals surface area contributed by atoms with E-state index in [0.29, 0.717) is 30.8 Å². The minimum atomic E-state index is -0.104. The SMILES string of the molecule is CCCC(CO)CCCC(=O)OCC1CCC(CO)CC1. The third-order valence-corrected chi connectivity index (χ3v) is 4.65. The van der Waals surface area contributed by atoms with Crippen molar-refractivity contribution in [3.8, 4) is 0 Å². The van der Waals surface area contributed by atoms with Crippen molar-refractivity contribution in [1.29, 1.82) is 0 Å². The van der Waals surface area contributed by atoms with E-state index in [2.05, 4.69) is 6.92 Å². The molecule has 1 unspecified atom stereocenters. The average Bonchev–Trinajstić information content (AvgIpc) is 2.52. The van der Waals surface area contributed by atoms with E-state index in [1.54, 1.807) is 0 Å². The van der Waals surface area contributed by atoms with Crippen LogP contribution in [0.5, 0.6) is 0 Å². The van der Waals surface area contributed by atoms with Crippen LogP contribution in [0.15, 0.2) is 0 Å². The van der Waals surface area contributed by atoms with Gasteiger partial charge in [0, 0.05) is 19.6 Å². The third kappa shape index (κ3) is 7.82. The first-order valence-electron chi connectivity index (χ1n) is 8.56. The number of ether oxygens (including phenoxy) is 1. The minimum absolute atomic E-state index is 0.104. The number of hydrogen-bond acceptors (Lipinski definition) is 4. The molecule has 1 aliphatic rings. The molecule has 0 aromatic carbocycles. The van der Waals surface area contributed by atoms with E-state index in [1.807, 2.05) is 0 Å². The summed E-state index contributed by atoms with van der Waals surface area (Å²) in [5.74, 6) is 1.15. The van der Waals surface area contributed by atoms with Crippen LogP contribution in [0.2, 0.25) is 0 Å². The van der Waals surface area contributed by atoms with Gasteiger partial charge in [-0.15, -0.1) is 0 Å². The van der Waals surface area contributed by atoms with Gasteiger partial charge in [-0.3, -0.25) is 4.79 Å². The highest BCUT2D eigenvalue weighted by Gasteiger charge is 2.21. The maximum absolute atomic E-state index is 11.7. The van der Waals surface area contributed by atoms with Gasteiger partial charge in [-0.05, 0) is 62.7 Å². The summed E-state index contributed by atoms with van der Waals surface area (Å²) >= 11 is 0. The predicted octanol–water partition coefficient (Wildman–Crippen LogP) is 2.91. The van der Waals surface area contributed by atoms with Crippen LogP contribution in [0, 0.1) is 17.8 Å². The molecule has 1 fully saturated rings. The molecular weight excluding hydrogens is 268 g/mol. The Balaban J connectivity index is 2.06. The van der Waals surface area contributed by atoms with Crippen LogP contribution in [-0.4, -0.2) is 36.0 Å². The van der Waals surface area contributed by atoms with Gasteiger partial charge in [-0.2, -0.15) is 0 Å². The van der Waals surface area contributed by atoms with Crippen molar-refractivity contribution in [1.82, 2.24) is 0 Å². The number of aliphatic hydroxyl groups is 2. The molecular formula is C17H32O4. The summed E-state index contributed by atoms with van der Waals surface area (Å²) in [6.45, 7) is 3.16. The molecule has 2 N–H and O–H groups in total. The quantitative estimate of drug-likeness (QED) is 0.609. The predicted molar refractivity (Wildman–Crippen MR) is 82.8 cm³/mol. The summed E-state index contributed by atoms with van der Waals surface area (Å²) in [7, 11) is 0. The molecule has 1 aliphatic carbocycles. The van der Waals surface area contributed by atoms with Crippen molar-refractivity contribution in [2.45, 2.75) is 64.7 Å². The first-order chi connectivity index (χ1) is 10.2. The Hall–Kier alpha value is -0.610. The zero-order valence-electron chi connectivity index (χ0n) is 13.4. The number of carbonyl (C=O) groups is 1. The van der Waals surface area contributed by atoms with Crippen LogP contribution in [0.25, 0.3) is 0 Å². The molecule has 0 saturated heterocycles. The summed E-state index contributed by atoms with van der Waals surface area (Å²) in [6, 6.07) is 0. The van der Waals surface area contributed by atoms with Crippen LogP contribution in [-0.2, 0) is 9.53 Å². The van der Waals surface area contributed by atoms with Crippen LogP contribution in [0.1, 0.15) is 64.7 Å². The van der Waals surface area contributed by atoms with Gasteiger partial charge in [0.15, 0.2) is 0 Å². The molecule has 0 aromatic heterocycles. The number of carbonyl (C=O) groups excluding carboxylic acids is 1. The topological polar surface area (TPSA) is 66.8 Å². The number of aliphatic hydroxyl groups excluding tert-OH is 2. The molecule has 0 aliphatic heterocycles. The molecule has 4 nitrogen and oxygen atoms in total. The molecule has 21 heavy (non-hydrogen) atoms. The first-order valence-corrected chi connectivity index (χ1v) is 8.56. The highest BCUT2D eigenvalue weighted by Crippen LogP contribution is 2.28. The van der Waals surface area contributed by atoms with E-state index in [1.165, 1.54) is 0 Å². The zero-order chi connectivity index (χ0) is 15.5. The lowest BCUT2D eigenvalue weighted by Crippen LogP contribution is -2.22. The molecule has 4 heteroatoms. The summed E-state index contributed by atoms with van der Waals surface area (Å²) < 4.78 is 5.36. The Labute approximate surface area is 128 Å². The molecule has 1 rings (SSSR count). The van der Waals surface area contributed by atoms with E-state index in [9.17, 15) is 9.90 Å². The van der Waals surface area contributed by atoms with Gasteiger partial charge in [0.25, 0.3) is 0 Å². The molecule has 0 heterocycles. The van der Waals surface area contributed by atoms with Crippen molar-refractivity contribution in [3.05, 3.63) is 0 Å². The largest absolute Gasteiger partial charge is 0.465 e. The number of rotatable bonds is 10. The fourth-order valence-electron chi connectivity index (χ4n) is 3.13. The van der Waals surface area contributed by atoms with Crippen molar-refractivity contribution < 1.29 is 19.7 Å². The van der Waals surface area contributed by atoms with Gasteiger partial charge in [0.1, 0.15) is 0 Å². The van der Waals surface area contributed by atoms with Gasteiger partial charge in [-0.1, -0.05) is 13.3 Å². The zero-order valence-corrected chi connectivity index (χ0v) is 13.4. The lowest BCUT2D eigenvalue weighted by atomic mass is 9.83. The van der Waals surface area contributed by atoms with Crippen molar-refractivity contribution in [2.24, 2.45) is 17.8 Å². The van der Waals surface area contributed by atoms with E-state index in [0.717, 1.165) is 51.4 Å². The fourth-order valence-corrected chi connectivity index (χ4v) is 3.13. The monoisotopic (exact) mass is 300 g/mol. The highest BCUT2D eigenvalue weighted by molar-refractivity contribution is 5.69. The second kappa shape index (κ2) is 11.0. The van der Waals surface area contributed by atoms with E-state index in [-0.39, 0.29) is 19.2 Å². The van der Waals surface area contributed by atoms with E-state index >= 15 is 0 Å². The maximum atomic E-state index is 11.7. The van der Waals surface area contributed by atoms with Crippen LogP contribution in [0.3, 0.4) is 0 Å². The minimum Gasteiger partial charge on any atom is -0.465 e.